The van der Waals surface area contributed by atoms with Gasteiger partial charge < -0.3 is 19.7 Å². The number of thiazole rings is 1. The van der Waals surface area contributed by atoms with Crippen LogP contribution in [0.1, 0.15) is 30.0 Å². The van der Waals surface area contributed by atoms with Crippen molar-refractivity contribution in [2.75, 3.05) is 33.4 Å². The third-order valence-electron chi connectivity index (χ3n) is 4.73. The van der Waals surface area contributed by atoms with E-state index < -0.39 is 0 Å². The summed E-state index contributed by atoms with van der Waals surface area (Å²) in [5, 5.41) is 5.90. The van der Waals surface area contributed by atoms with Crippen molar-refractivity contribution in [1.29, 1.82) is 0 Å². The summed E-state index contributed by atoms with van der Waals surface area (Å²) in [6.07, 6.45) is 3.40. The van der Waals surface area contributed by atoms with E-state index in [0.29, 0.717) is 19.1 Å². The van der Waals surface area contributed by atoms with Gasteiger partial charge in [-0.25, -0.2) is 9.78 Å². The number of aromatic nitrogens is 1. The number of nitrogens with zero attached hydrogens (tertiary/aromatic N) is 2. The molecule has 0 aliphatic carbocycles. The first-order valence-corrected chi connectivity index (χ1v) is 9.17. The van der Waals surface area contributed by atoms with E-state index >= 15 is 0 Å². The highest BCUT2D eigenvalue weighted by atomic mass is 32.1. The van der Waals surface area contributed by atoms with E-state index in [4.69, 9.17) is 9.47 Å². The molecule has 3 heterocycles. The Morgan fingerprint density at radius 2 is 2.26 bits per heavy atom. The van der Waals surface area contributed by atoms with Crippen molar-refractivity contribution in [3.05, 3.63) is 16.1 Å². The second-order valence-corrected chi connectivity index (χ2v) is 7.21. The minimum absolute atomic E-state index is 0.0286. The van der Waals surface area contributed by atoms with Gasteiger partial charge in [-0.2, -0.15) is 0 Å². The molecule has 2 aliphatic heterocycles. The molecule has 0 aromatic carbocycles. The molecule has 2 aliphatic rings. The lowest BCUT2D eigenvalue weighted by atomic mass is 9.85. The highest BCUT2D eigenvalue weighted by molar-refractivity contribution is 7.09. The summed E-state index contributed by atoms with van der Waals surface area (Å²) >= 11 is 1.56. The fourth-order valence-corrected chi connectivity index (χ4v) is 4.21. The van der Waals surface area contributed by atoms with Crippen molar-refractivity contribution >= 4 is 17.4 Å². The van der Waals surface area contributed by atoms with Gasteiger partial charge in [-0.15, -0.1) is 11.3 Å². The third kappa shape index (κ3) is 4.43. The molecular weight excluding hydrogens is 314 g/mol. The lowest BCUT2D eigenvalue weighted by Gasteiger charge is -2.27. The molecule has 2 fully saturated rings. The molecular formula is C16H25N3O3S. The van der Waals surface area contributed by atoms with Crippen molar-refractivity contribution < 1.29 is 14.3 Å². The Labute approximate surface area is 141 Å². The Hall–Kier alpha value is -1.18. The van der Waals surface area contributed by atoms with Crippen LogP contribution >= 0.6 is 11.3 Å². The van der Waals surface area contributed by atoms with Crippen molar-refractivity contribution in [3.63, 3.8) is 0 Å². The average Bonchev–Trinajstić information content (AvgIpc) is 3.23. The molecule has 2 saturated heterocycles. The van der Waals surface area contributed by atoms with Gasteiger partial charge in [-0.1, -0.05) is 0 Å². The number of nitrogens with one attached hydrogen (secondary N) is 1. The standard InChI is InChI=1S/C16H25N3O3S/c1-21-10-15-18-14(11-23-15)8-17-16(20)19-5-2-13(9-19)12-3-6-22-7-4-12/h11-13H,2-10H2,1H3,(H,17,20). The van der Waals surface area contributed by atoms with Crippen LogP contribution in [-0.2, 0) is 22.6 Å². The molecule has 0 bridgehead atoms. The number of methoxy groups -OCH3 is 1. The Bertz CT molecular complexity index is 516. The van der Waals surface area contributed by atoms with Gasteiger partial charge in [0.25, 0.3) is 0 Å². The van der Waals surface area contributed by atoms with Gasteiger partial charge in [0.2, 0.25) is 0 Å². The zero-order valence-electron chi connectivity index (χ0n) is 13.6. The Kier molecular flexibility index (Phi) is 5.85. The van der Waals surface area contributed by atoms with Gasteiger partial charge in [-0.05, 0) is 31.1 Å². The summed E-state index contributed by atoms with van der Waals surface area (Å²) in [6.45, 7) is 4.50. The zero-order chi connectivity index (χ0) is 16.1. The topological polar surface area (TPSA) is 63.7 Å². The molecule has 0 saturated carbocycles. The number of ether oxygens (including phenoxy) is 2. The number of urea groups is 1. The summed E-state index contributed by atoms with van der Waals surface area (Å²) < 4.78 is 10.5. The quantitative estimate of drug-likeness (QED) is 0.894. The Balaban J connectivity index is 1.43. The van der Waals surface area contributed by atoms with E-state index in [1.807, 2.05) is 10.3 Å². The first kappa shape index (κ1) is 16.7. The minimum atomic E-state index is 0.0286. The molecule has 1 atom stereocenters. The average molecular weight is 339 g/mol. The number of rotatable bonds is 5. The fourth-order valence-electron chi connectivity index (χ4n) is 3.44. The highest BCUT2D eigenvalue weighted by Crippen LogP contribution is 2.31. The molecule has 0 spiro atoms. The first-order chi connectivity index (χ1) is 11.3. The number of hydrogen-bond donors (Lipinski definition) is 1. The second kappa shape index (κ2) is 8.08. The van der Waals surface area contributed by atoms with Crippen LogP contribution in [0.2, 0.25) is 0 Å². The maximum atomic E-state index is 12.3. The SMILES string of the molecule is COCc1nc(CNC(=O)N2CCC(C3CCOCC3)C2)cs1. The summed E-state index contributed by atoms with van der Waals surface area (Å²) in [7, 11) is 1.66. The number of likely N-dealkylation sites (tertiary alicyclic amines) is 1. The predicted octanol–water partition coefficient (Wildman–Crippen LogP) is 2.25. The minimum Gasteiger partial charge on any atom is -0.381 e. The number of carbonyl (C=O) groups excluding carboxylic acids is 1. The van der Waals surface area contributed by atoms with Gasteiger partial charge in [0.1, 0.15) is 5.01 Å². The molecule has 0 radical (unpaired) electrons. The largest absolute Gasteiger partial charge is 0.381 e. The lowest BCUT2D eigenvalue weighted by molar-refractivity contribution is 0.0484. The molecule has 1 unspecified atom stereocenters. The first-order valence-electron chi connectivity index (χ1n) is 8.29. The summed E-state index contributed by atoms with van der Waals surface area (Å²) in [5.74, 6) is 1.36. The summed E-state index contributed by atoms with van der Waals surface area (Å²) in [5.41, 5.74) is 0.899. The maximum Gasteiger partial charge on any atom is 0.317 e. The number of amides is 2. The van der Waals surface area contributed by atoms with Crippen LogP contribution in [0, 0.1) is 11.8 Å². The molecule has 1 N–H and O–H groups in total. The molecule has 23 heavy (non-hydrogen) atoms. The van der Waals surface area contributed by atoms with Crippen LogP contribution in [0.15, 0.2) is 5.38 Å². The monoisotopic (exact) mass is 339 g/mol. The number of hydrogen-bond acceptors (Lipinski definition) is 5. The number of carbonyl (C=O) groups is 1. The molecule has 1 aromatic heterocycles. The van der Waals surface area contributed by atoms with Crippen LogP contribution in [0.3, 0.4) is 0 Å². The lowest BCUT2D eigenvalue weighted by Crippen LogP contribution is -2.38. The molecule has 2 amide bonds. The van der Waals surface area contributed by atoms with Crippen LogP contribution in [0.5, 0.6) is 0 Å². The van der Waals surface area contributed by atoms with Crippen molar-refractivity contribution in [2.45, 2.75) is 32.4 Å². The molecule has 128 valence electrons. The predicted molar refractivity (Wildman–Crippen MR) is 88.3 cm³/mol. The van der Waals surface area contributed by atoms with Crippen molar-refractivity contribution in [2.24, 2.45) is 11.8 Å². The van der Waals surface area contributed by atoms with E-state index in [1.165, 1.54) is 0 Å². The Morgan fingerprint density at radius 1 is 1.43 bits per heavy atom. The van der Waals surface area contributed by atoms with Gasteiger partial charge >= 0.3 is 6.03 Å². The molecule has 7 heteroatoms. The van der Waals surface area contributed by atoms with E-state index in [9.17, 15) is 4.79 Å². The smallest absolute Gasteiger partial charge is 0.317 e. The van der Waals surface area contributed by atoms with E-state index in [0.717, 1.165) is 62.2 Å². The summed E-state index contributed by atoms with van der Waals surface area (Å²) in [6, 6.07) is 0.0286. The second-order valence-electron chi connectivity index (χ2n) is 6.27. The van der Waals surface area contributed by atoms with Gasteiger partial charge in [0.05, 0.1) is 18.8 Å². The molecule has 6 nitrogen and oxygen atoms in total. The Morgan fingerprint density at radius 3 is 3.04 bits per heavy atom. The fraction of sp³-hybridized carbons (Fsp3) is 0.750. The molecule has 1 aromatic rings. The van der Waals surface area contributed by atoms with Gasteiger partial charge in [-0.3, -0.25) is 0 Å². The third-order valence-corrected chi connectivity index (χ3v) is 5.60. The highest BCUT2D eigenvalue weighted by Gasteiger charge is 2.32. The van der Waals surface area contributed by atoms with E-state index in [2.05, 4.69) is 10.3 Å². The van der Waals surface area contributed by atoms with Crippen LogP contribution in [-0.4, -0.2) is 49.3 Å². The van der Waals surface area contributed by atoms with E-state index in [1.54, 1.807) is 18.4 Å². The normalized spacial score (nSPS) is 22.5. The van der Waals surface area contributed by atoms with Crippen LogP contribution in [0.25, 0.3) is 0 Å². The van der Waals surface area contributed by atoms with E-state index in [-0.39, 0.29) is 6.03 Å². The van der Waals surface area contributed by atoms with Crippen molar-refractivity contribution in [1.82, 2.24) is 15.2 Å². The van der Waals surface area contributed by atoms with Gasteiger partial charge in [0.15, 0.2) is 0 Å². The van der Waals surface area contributed by atoms with Gasteiger partial charge in [0, 0.05) is 38.8 Å². The maximum absolute atomic E-state index is 12.3. The molecule has 3 rings (SSSR count). The zero-order valence-corrected chi connectivity index (χ0v) is 14.4. The van der Waals surface area contributed by atoms with Crippen LogP contribution in [0.4, 0.5) is 4.79 Å². The van der Waals surface area contributed by atoms with Crippen molar-refractivity contribution in [3.8, 4) is 0 Å². The summed E-state index contributed by atoms with van der Waals surface area (Å²) in [4.78, 5) is 18.7. The van der Waals surface area contributed by atoms with Crippen LogP contribution < -0.4 is 5.32 Å².